The van der Waals surface area contributed by atoms with Crippen LogP contribution in [0.4, 0.5) is 0 Å². The lowest BCUT2D eigenvalue weighted by Crippen LogP contribution is -2.48. The van der Waals surface area contributed by atoms with E-state index in [4.69, 9.17) is 0 Å². The molecule has 0 aromatic carbocycles. The van der Waals surface area contributed by atoms with Crippen molar-refractivity contribution in [1.82, 2.24) is 10.2 Å². The van der Waals surface area contributed by atoms with E-state index in [0.29, 0.717) is 6.04 Å². The summed E-state index contributed by atoms with van der Waals surface area (Å²) in [7, 11) is 0. The van der Waals surface area contributed by atoms with E-state index in [-0.39, 0.29) is 0 Å². The van der Waals surface area contributed by atoms with Gasteiger partial charge in [-0.3, -0.25) is 0 Å². The van der Waals surface area contributed by atoms with E-state index >= 15 is 0 Å². The fourth-order valence-corrected chi connectivity index (χ4v) is 2.74. The lowest BCUT2D eigenvalue weighted by atomic mass is 9.99. The molecule has 1 aliphatic heterocycles. The molecule has 2 heteroatoms. The van der Waals surface area contributed by atoms with Crippen LogP contribution in [0.15, 0.2) is 0 Å². The van der Waals surface area contributed by atoms with Crippen LogP contribution >= 0.6 is 0 Å². The van der Waals surface area contributed by atoms with Gasteiger partial charge in [0.15, 0.2) is 0 Å². The Bertz CT molecular complexity index is 176. The molecule has 0 saturated carbocycles. The standard InChI is InChI=1S/C14H30N2/c1-5-13(6-2)10-16-9-7-8-14(11-16)15-12(3)4/h12-15H,5-11H2,1-4H3. The molecule has 1 N–H and O–H groups in total. The Kier molecular flexibility index (Phi) is 6.37. The maximum Gasteiger partial charge on any atom is 0.0197 e. The fourth-order valence-electron chi connectivity index (χ4n) is 2.74. The van der Waals surface area contributed by atoms with Crippen molar-refractivity contribution in [3.05, 3.63) is 0 Å². The van der Waals surface area contributed by atoms with Gasteiger partial charge in [-0.05, 0) is 25.3 Å². The molecule has 1 rings (SSSR count). The maximum absolute atomic E-state index is 3.68. The minimum Gasteiger partial charge on any atom is -0.311 e. The molecule has 2 nitrogen and oxygen atoms in total. The summed E-state index contributed by atoms with van der Waals surface area (Å²) < 4.78 is 0. The summed E-state index contributed by atoms with van der Waals surface area (Å²) in [5.74, 6) is 0.901. The molecule has 1 atom stereocenters. The number of likely N-dealkylation sites (tertiary alicyclic amines) is 1. The van der Waals surface area contributed by atoms with Crippen molar-refractivity contribution in [2.45, 2.75) is 65.5 Å². The van der Waals surface area contributed by atoms with E-state index in [0.717, 1.165) is 12.0 Å². The van der Waals surface area contributed by atoms with Crippen LogP contribution in [0.1, 0.15) is 53.4 Å². The summed E-state index contributed by atoms with van der Waals surface area (Å²) in [5.41, 5.74) is 0. The maximum atomic E-state index is 3.68. The average molecular weight is 226 g/mol. The third-order valence-corrected chi connectivity index (χ3v) is 3.75. The number of hydrogen-bond donors (Lipinski definition) is 1. The van der Waals surface area contributed by atoms with Crippen molar-refractivity contribution in [3.63, 3.8) is 0 Å². The highest BCUT2D eigenvalue weighted by molar-refractivity contribution is 4.80. The number of hydrogen-bond acceptors (Lipinski definition) is 2. The van der Waals surface area contributed by atoms with Gasteiger partial charge < -0.3 is 10.2 Å². The molecule has 16 heavy (non-hydrogen) atoms. The van der Waals surface area contributed by atoms with Crippen LogP contribution in [0, 0.1) is 5.92 Å². The smallest absolute Gasteiger partial charge is 0.0197 e. The zero-order chi connectivity index (χ0) is 12.0. The average Bonchev–Trinajstić information content (AvgIpc) is 2.25. The molecule has 1 heterocycles. The highest BCUT2D eigenvalue weighted by Crippen LogP contribution is 2.15. The van der Waals surface area contributed by atoms with Gasteiger partial charge in [0, 0.05) is 25.2 Å². The molecule has 1 aliphatic rings. The van der Waals surface area contributed by atoms with Crippen molar-refractivity contribution >= 4 is 0 Å². The van der Waals surface area contributed by atoms with Crippen LogP contribution in [0.2, 0.25) is 0 Å². The lowest BCUT2D eigenvalue weighted by molar-refractivity contribution is 0.158. The zero-order valence-electron chi connectivity index (χ0n) is 11.6. The summed E-state index contributed by atoms with van der Waals surface area (Å²) in [6.45, 7) is 13.0. The minimum atomic E-state index is 0.623. The van der Waals surface area contributed by atoms with Crippen LogP contribution in [-0.2, 0) is 0 Å². The van der Waals surface area contributed by atoms with Gasteiger partial charge in [0.1, 0.15) is 0 Å². The number of piperidine rings is 1. The van der Waals surface area contributed by atoms with Gasteiger partial charge in [-0.2, -0.15) is 0 Å². The summed E-state index contributed by atoms with van der Waals surface area (Å²) in [6.07, 6.45) is 5.38. The number of nitrogens with zero attached hydrogens (tertiary/aromatic N) is 1. The predicted molar refractivity (Wildman–Crippen MR) is 71.8 cm³/mol. The van der Waals surface area contributed by atoms with Crippen molar-refractivity contribution in [2.24, 2.45) is 5.92 Å². The predicted octanol–water partition coefficient (Wildman–Crippen LogP) is 2.89. The molecule has 0 aromatic rings. The molecule has 0 amide bonds. The Hall–Kier alpha value is -0.0800. The number of rotatable bonds is 6. The monoisotopic (exact) mass is 226 g/mol. The molecular formula is C14H30N2. The normalized spacial score (nSPS) is 23.2. The first-order valence-electron chi connectivity index (χ1n) is 7.14. The second kappa shape index (κ2) is 7.29. The topological polar surface area (TPSA) is 15.3 Å². The molecule has 1 fully saturated rings. The third-order valence-electron chi connectivity index (χ3n) is 3.75. The Balaban J connectivity index is 2.32. The van der Waals surface area contributed by atoms with Crippen molar-refractivity contribution in [2.75, 3.05) is 19.6 Å². The van der Waals surface area contributed by atoms with Crippen LogP contribution in [0.25, 0.3) is 0 Å². The van der Waals surface area contributed by atoms with E-state index in [2.05, 4.69) is 37.9 Å². The second-order valence-corrected chi connectivity index (χ2v) is 5.60. The second-order valence-electron chi connectivity index (χ2n) is 5.60. The first kappa shape index (κ1) is 14.0. The van der Waals surface area contributed by atoms with Crippen molar-refractivity contribution in [1.29, 1.82) is 0 Å². The highest BCUT2D eigenvalue weighted by Gasteiger charge is 2.21. The summed E-state index contributed by atoms with van der Waals surface area (Å²) in [5, 5.41) is 3.68. The molecule has 96 valence electrons. The SMILES string of the molecule is CCC(CC)CN1CCCC(NC(C)C)C1. The molecule has 0 radical (unpaired) electrons. The van der Waals surface area contributed by atoms with Gasteiger partial charge in [0.25, 0.3) is 0 Å². The van der Waals surface area contributed by atoms with Gasteiger partial charge in [-0.15, -0.1) is 0 Å². The fraction of sp³-hybridized carbons (Fsp3) is 1.00. The Morgan fingerprint density at radius 3 is 2.50 bits per heavy atom. The molecule has 1 saturated heterocycles. The minimum absolute atomic E-state index is 0.623. The Morgan fingerprint density at radius 2 is 1.94 bits per heavy atom. The van der Waals surface area contributed by atoms with Crippen LogP contribution < -0.4 is 5.32 Å². The van der Waals surface area contributed by atoms with Crippen molar-refractivity contribution in [3.8, 4) is 0 Å². The lowest BCUT2D eigenvalue weighted by Gasteiger charge is -2.36. The van der Waals surface area contributed by atoms with E-state index in [1.54, 1.807) is 0 Å². The van der Waals surface area contributed by atoms with Gasteiger partial charge in [-0.1, -0.05) is 40.5 Å². The van der Waals surface area contributed by atoms with E-state index in [1.807, 2.05) is 0 Å². The molecule has 0 bridgehead atoms. The molecule has 1 unspecified atom stereocenters. The van der Waals surface area contributed by atoms with Crippen molar-refractivity contribution < 1.29 is 0 Å². The van der Waals surface area contributed by atoms with E-state index < -0.39 is 0 Å². The van der Waals surface area contributed by atoms with Gasteiger partial charge >= 0.3 is 0 Å². The molecule has 0 aromatic heterocycles. The Labute approximate surface area is 102 Å². The summed E-state index contributed by atoms with van der Waals surface area (Å²) >= 11 is 0. The zero-order valence-corrected chi connectivity index (χ0v) is 11.6. The van der Waals surface area contributed by atoms with Gasteiger partial charge in [0.2, 0.25) is 0 Å². The van der Waals surface area contributed by atoms with Crippen LogP contribution in [0.5, 0.6) is 0 Å². The number of nitrogens with one attached hydrogen (secondary N) is 1. The first-order valence-corrected chi connectivity index (χ1v) is 7.14. The molecule has 0 spiro atoms. The molecule has 0 aliphatic carbocycles. The summed E-state index contributed by atoms with van der Waals surface area (Å²) in [4.78, 5) is 2.67. The van der Waals surface area contributed by atoms with Crippen LogP contribution in [0.3, 0.4) is 0 Å². The van der Waals surface area contributed by atoms with E-state index in [9.17, 15) is 0 Å². The van der Waals surface area contributed by atoms with E-state index in [1.165, 1.54) is 45.3 Å². The highest BCUT2D eigenvalue weighted by atomic mass is 15.2. The largest absolute Gasteiger partial charge is 0.311 e. The third kappa shape index (κ3) is 4.84. The first-order chi connectivity index (χ1) is 7.65. The summed E-state index contributed by atoms with van der Waals surface area (Å²) in [6, 6.07) is 1.35. The molecular weight excluding hydrogens is 196 g/mol. The van der Waals surface area contributed by atoms with Crippen LogP contribution in [-0.4, -0.2) is 36.6 Å². The Morgan fingerprint density at radius 1 is 1.25 bits per heavy atom. The van der Waals surface area contributed by atoms with Gasteiger partial charge in [0.05, 0.1) is 0 Å². The van der Waals surface area contributed by atoms with Gasteiger partial charge in [-0.25, -0.2) is 0 Å². The quantitative estimate of drug-likeness (QED) is 0.749.